The number of primary amides is 1. The highest BCUT2D eigenvalue weighted by Gasteiger charge is 2.06. The van der Waals surface area contributed by atoms with Gasteiger partial charge in [0.05, 0.1) is 5.52 Å². The SMILES string of the molecule is NC(=O)COC(=O)NCc1ccc(-c2ccnc3ccccc23)cc1. The van der Waals surface area contributed by atoms with Crippen LogP contribution >= 0.6 is 0 Å². The summed E-state index contributed by atoms with van der Waals surface area (Å²) >= 11 is 0. The van der Waals surface area contributed by atoms with Crippen molar-refractivity contribution in [3.05, 3.63) is 66.4 Å². The lowest BCUT2D eigenvalue weighted by Gasteiger charge is -2.08. The highest BCUT2D eigenvalue weighted by Crippen LogP contribution is 2.27. The maximum atomic E-state index is 11.4. The van der Waals surface area contributed by atoms with Gasteiger partial charge in [-0.3, -0.25) is 9.78 Å². The fraction of sp³-hybridized carbons (Fsp3) is 0.105. The number of benzene rings is 2. The molecule has 3 aromatic rings. The lowest BCUT2D eigenvalue weighted by Crippen LogP contribution is -2.28. The molecule has 0 bridgehead atoms. The standard InChI is InChI=1S/C19H17N3O3/c20-18(23)12-25-19(24)22-11-13-5-7-14(8-6-13)15-9-10-21-17-4-2-1-3-16(15)17/h1-10H,11-12H2,(H2,20,23)(H,22,24). The molecular weight excluding hydrogens is 318 g/mol. The molecule has 2 amide bonds. The predicted octanol–water partition coefficient (Wildman–Crippen LogP) is 2.61. The minimum absolute atomic E-state index is 0.301. The molecule has 0 spiro atoms. The number of carbonyl (C=O) groups is 2. The van der Waals surface area contributed by atoms with Crippen molar-refractivity contribution >= 4 is 22.9 Å². The molecule has 0 saturated heterocycles. The maximum absolute atomic E-state index is 11.4. The van der Waals surface area contributed by atoms with Gasteiger partial charge < -0.3 is 15.8 Å². The zero-order valence-electron chi connectivity index (χ0n) is 13.4. The first kappa shape index (κ1) is 16.4. The fourth-order valence-corrected chi connectivity index (χ4v) is 2.51. The number of hydrogen-bond donors (Lipinski definition) is 2. The molecule has 126 valence electrons. The van der Waals surface area contributed by atoms with Crippen molar-refractivity contribution in [2.45, 2.75) is 6.54 Å². The third-order valence-corrected chi connectivity index (χ3v) is 3.70. The van der Waals surface area contributed by atoms with E-state index in [1.807, 2.05) is 54.6 Å². The molecule has 1 aromatic heterocycles. The average Bonchev–Trinajstić information content (AvgIpc) is 2.64. The van der Waals surface area contributed by atoms with E-state index in [1.54, 1.807) is 6.20 Å². The number of hydrogen-bond acceptors (Lipinski definition) is 4. The summed E-state index contributed by atoms with van der Waals surface area (Å²) in [7, 11) is 0. The first-order chi connectivity index (χ1) is 12.1. The van der Waals surface area contributed by atoms with Crippen molar-refractivity contribution in [2.75, 3.05) is 6.61 Å². The molecule has 3 rings (SSSR count). The van der Waals surface area contributed by atoms with Crippen molar-refractivity contribution in [1.29, 1.82) is 0 Å². The smallest absolute Gasteiger partial charge is 0.407 e. The monoisotopic (exact) mass is 335 g/mol. The number of carbonyl (C=O) groups excluding carboxylic acids is 2. The van der Waals surface area contributed by atoms with Crippen LogP contribution in [0.5, 0.6) is 0 Å². The summed E-state index contributed by atoms with van der Waals surface area (Å²) in [6.45, 7) is -0.130. The zero-order chi connectivity index (χ0) is 17.6. The number of para-hydroxylation sites is 1. The first-order valence-corrected chi connectivity index (χ1v) is 7.75. The van der Waals surface area contributed by atoms with Gasteiger partial charge in [0.2, 0.25) is 0 Å². The van der Waals surface area contributed by atoms with Gasteiger partial charge in [-0.05, 0) is 28.8 Å². The van der Waals surface area contributed by atoms with Gasteiger partial charge in [0, 0.05) is 18.1 Å². The molecule has 0 aliphatic heterocycles. The van der Waals surface area contributed by atoms with Crippen molar-refractivity contribution in [2.24, 2.45) is 5.73 Å². The van der Waals surface area contributed by atoms with Crippen LogP contribution in [-0.4, -0.2) is 23.6 Å². The lowest BCUT2D eigenvalue weighted by atomic mass is 10.0. The largest absolute Gasteiger partial charge is 0.439 e. The summed E-state index contributed by atoms with van der Waals surface area (Å²) in [5.41, 5.74) is 8.94. The topological polar surface area (TPSA) is 94.3 Å². The van der Waals surface area contributed by atoms with Gasteiger partial charge in [-0.2, -0.15) is 0 Å². The summed E-state index contributed by atoms with van der Waals surface area (Å²) in [4.78, 5) is 26.3. The number of pyridine rings is 1. The molecule has 0 unspecified atom stereocenters. The van der Waals surface area contributed by atoms with Crippen LogP contribution in [0.4, 0.5) is 4.79 Å². The summed E-state index contributed by atoms with van der Waals surface area (Å²) in [5.74, 6) is -0.691. The van der Waals surface area contributed by atoms with Crippen molar-refractivity contribution in [3.63, 3.8) is 0 Å². The Morgan fingerprint density at radius 3 is 2.56 bits per heavy atom. The summed E-state index contributed by atoms with van der Waals surface area (Å²) < 4.78 is 4.63. The van der Waals surface area contributed by atoms with E-state index in [2.05, 4.69) is 15.0 Å². The number of fused-ring (bicyclic) bond motifs is 1. The fourth-order valence-electron chi connectivity index (χ4n) is 2.51. The number of ether oxygens (including phenoxy) is 1. The predicted molar refractivity (Wildman–Crippen MR) is 94.6 cm³/mol. The quantitative estimate of drug-likeness (QED) is 0.749. The number of nitrogens with two attached hydrogens (primary N) is 1. The molecule has 25 heavy (non-hydrogen) atoms. The average molecular weight is 335 g/mol. The molecular formula is C19H17N3O3. The maximum Gasteiger partial charge on any atom is 0.407 e. The number of rotatable bonds is 5. The normalized spacial score (nSPS) is 10.4. The van der Waals surface area contributed by atoms with Crippen molar-refractivity contribution in [3.8, 4) is 11.1 Å². The Bertz CT molecular complexity index is 902. The Balaban J connectivity index is 1.70. The van der Waals surface area contributed by atoms with Gasteiger partial charge in [-0.1, -0.05) is 42.5 Å². The minimum Gasteiger partial charge on any atom is -0.439 e. The Morgan fingerprint density at radius 1 is 1.04 bits per heavy atom. The highest BCUT2D eigenvalue weighted by molar-refractivity contribution is 5.94. The van der Waals surface area contributed by atoms with Gasteiger partial charge >= 0.3 is 6.09 Å². The van der Waals surface area contributed by atoms with Crippen LogP contribution in [0.1, 0.15) is 5.56 Å². The second-order valence-corrected chi connectivity index (χ2v) is 5.47. The van der Waals surface area contributed by atoms with Gasteiger partial charge in [-0.25, -0.2) is 4.79 Å². The molecule has 0 aliphatic carbocycles. The molecule has 0 fully saturated rings. The Morgan fingerprint density at radius 2 is 1.80 bits per heavy atom. The van der Waals surface area contributed by atoms with Crippen LogP contribution in [0.15, 0.2) is 60.8 Å². The zero-order valence-corrected chi connectivity index (χ0v) is 13.4. The first-order valence-electron chi connectivity index (χ1n) is 7.75. The Hall–Kier alpha value is -3.41. The van der Waals surface area contributed by atoms with Crippen molar-refractivity contribution < 1.29 is 14.3 Å². The Kier molecular flexibility index (Phi) is 4.89. The molecule has 6 nitrogen and oxygen atoms in total. The van der Waals surface area contributed by atoms with Gasteiger partial charge in [-0.15, -0.1) is 0 Å². The summed E-state index contributed by atoms with van der Waals surface area (Å²) in [5, 5.41) is 3.65. The second kappa shape index (κ2) is 7.44. The summed E-state index contributed by atoms with van der Waals surface area (Å²) in [6.07, 6.45) is 1.12. The van der Waals surface area contributed by atoms with Gasteiger partial charge in [0.1, 0.15) is 0 Å². The van der Waals surface area contributed by atoms with E-state index in [0.29, 0.717) is 6.54 Å². The van der Waals surface area contributed by atoms with E-state index < -0.39 is 18.6 Å². The molecule has 6 heteroatoms. The molecule has 3 N–H and O–H groups in total. The molecule has 0 radical (unpaired) electrons. The highest BCUT2D eigenvalue weighted by atomic mass is 16.6. The van der Waals surface area contributed by atoms with Crippen LogP contribution in [0, 0.1) is 0 Å². The van der Waals surface area contributed by atoms with Crippen LogP contribution in [0.25, 0.3) is 22.0 Å². The van der Waals surface area contributed by atoms with Crippen LogP contribution < -0.4 is 11.1 Å². The van der Waals surface area contributed by atoms with E-state index >= 15 is 0 Å². The third-order valence-electron chi connectivity index (χ3n) is 3.70. The molecule has 2 aromatic carbocycles. The minimum atomic E-state index is -0.691. The van der Waals surface area contributed by atoms with E-state index in [0.717, 1.165) is 27.6 Å². The molecule has 0 atom stereocenters. The number of nitrogens with zero attached hydrogens (tertiary/aromatic N) is 1. The van der Waals surface area contributed by atoms with Crippen LogP contribution in [0.2, 0.25) is 0 Å². The van der Waals surface area contributed by atoms with E-state index in [-0.39, 0.29) is 0 Å². The third kappa shape index (κ3) is 4.11. The van der Waals surface area contributed by atoms with E-state index in [1.165, 1.54) is 0 Å². The van der Waals surface area contributed by atoms with Gasteiger partial charge in [0.25, 0.3) is 5.91 Å². The molecule has 1 heterocycles. The van der Waals surface area contributed by atoms with E-state index in [9.17, 15) is 9.59 Å². The van der Waals surface area contributed by atoms with Crippen LogP contribution in [-0.2, 0) is 16.1 Å². The second-order valence-electron chi connectivity index (χ2n) is 5.47. The van der Waals surface area contributed by atoms with Crippen molar-refractivity contribution in [1.82, 2.24) is 10.3 Å². The lowest BCUT2D eigenvalue weighted by molar-refractivity contribution is -0.120. The van der Waals surface area contributed by atoms with Gasteiger partial charge in [0.15, 0.2) is 6.61 Å². The number of nitrogens with one attached hydrogen (secondary N) is 1. The number of alkyl carbamates (subject to hydrolysis) is 1. The molecule has 0 saturated carbocycles. The number of aromatic nitrogens is 1. The number of amides is 2. The molecule has 0 aliphatic rings. The Labute approximate surface area is 144 Å². The van der Waals surface area contributed by atoms with Crippen LogP contribution in [0.3, 0.4) is 0 Å². The summed E-state index contributed by atoms with van der Waals surface area (Å²) in [6, 6.07) is 17.8. The van der Waals surface area contributed by atoms with E-state index in [4.69, 9.17) is 5.73 Å².